The Morgan fingerprint density at radius 1 is 0.688 bits per heavy atom. The summed E-state index contributed by atoms with van der Waals surface area (Å²) in [4.78, 5) is 0. The van der Waals surface area contributed by atoms with Crippen molar-refractivity contribution in [1.82, 2.24) is 0 Å². The zero-order valence-corrected chi connectivity index (χ0v) is 18.3. The zero-order valence-electron chi connectivity index (χ0n) is 18.3. The second-order valence-corrected chi connectivity index (χ2v) is 7.97. The van der Waals surface area contributed by atoms with Crippen LogP contribution in [0.4, 0.5) is 8.78 Å². The Labute approximate surface area is 188 Å². The van der Waals surface area contributed by atoms with Crippen molar-refractivity contribution in [2.24, 2.45) is 0 Å². The van der Waals surface area contributed by atoms with Crippen molar-refractivity contribution >= 4 is 0 Å². The average molecular weight is 429 g/mol. The van der Waals surface area contributed by atoms with E-state index < -0.39 is 11.6 Å². The van der Waals surface area contributed by atoms with E-state index in [4.69, 9.17) is 4.74 Å². The van der Waals surface area contributed by atoms with Crippen molar-refractivity contribution in [3.63, 3.8) is 0 Å². The van der Waals surface area contributed by atoms with Gasteiger partial charge in [0.15, 0.2) is 0 Å². The molecule has 0 saturated heterocycles. The molecule has 0 fully saturated rings. The predicted molar refractivity (Wildman–Crippen MR) is 127 cm³/mol. The fraction of sp³-hybridized carbons (Fsp3) is 0.172. The molecule has 0 aliphatic rings. The molecule has 0 aromatic heterocycles. The maximum atomic E-state index is 14.9. The fourth-order valence-corrected chi connectivity index (χ4v) is 3.94. The summed E-state index contributed by atoms with van der Waals surface area (Å²) in [5.41, 5.74) is 4.61. The normalized spacial score (nSPS) is 11.9. The third-order valence-electron chi connectivity index (χ3n) is 5.74. The number of rotatable bonds is 7. The standard InChI is InChI=1S/C29H26F2O/c1-3-32-26-15-13-23(14-16-26)22-9-11-24(12-10-22)25-18-28(30)27(29(31)19-25)17-20(2)21-7-5-4-6-8-21/h4-16,18-20H,3,17H2,1-2H3/t20-/m0/s1. The van der Waals surface area contributed by atoms with Crippen LogP contribution in [0.2, 0.25) is 0 Å². The summed E-state index contributed by atoms with van der Waals surface area (Å²) < 4.78 is 35.2. The van der Waals surface area contributed by atoms with E-state index in [9.17, 15) is 8.78 Å². The number of halogens is 2. The maximum absolute atomic E-state index is 14.9. The molecule has 4 rings (SSSR count). The highest BCUT2D eigenvalue weighted by Gasteiger charge is 2.16. The summed E-state index contributed by atoms with van der Waals surface area (Å²) >= 11 is 0. The van der Waals surface area contributed by atoms with Gasteiger partial charge in [0.2, 0.25) is 0 Å². The van der Waals surface area contributed by atoms with E-state index in [0.717, 1.165) is 28.0 Å². The van der Waals surface area contributed by atoms with Gasteiger partial charge in [-0.25, -0.2) is 8.78 Å². The molecule has 162 valence electrons. The minimum Gasteiger partial charge on any atom is -0.494 e. The third-order valence-corrected chi connectivity index (χ3v) is 5.74. The molecule has 4 aromatic carbocycles. The van der Waals surface area contributed by atoms with Crippen molar-refractivity contribution < 1.29 is 13.5 Å². The fourth-order valence-electron chi connectivity index (χ4n) is 3.94. The molecule has 0 bridgehead atoms. The highest BCUT2D eigenvalue weighted by molar-refractivity contribution is 5.71. The van der Waals surface area contributed by atoms with E-state index in [1.165, 1.54) is 12.1 Å². The second kappa shape index (κ2) is 9.78. The van der Waals surface area contributed by atoms with Crippen LogP contribution in [0.3, 0.4) is 0 Å². The monoisotopic (exact) mass is 428 g/mol. The quantitative estimate of drug-likeness (QED) is 0.289. The Balaban J connectivity index is 1.54. The van der Waals surface area contributed by atoms with Crippen molar-refractivity contribution in [3.05, 3.63) is 114 Å². The van der Waals surface area contributed by atoms with Crippen LogP contribution in [0.1, 0.15) is 30.9 Å². The van der Waals surface area contributed by atoms with Crippen LogP contribution >= 0.6 is 0 Å². The van der Waals surface area contributed by atoms with Gasteiger partial charge in [-0.15, -0.1) is 0 Å². The van der Waals surface area contributed by atoms with Gasteiger partial charge in [-0.1, -0.05) is 73.7 Å². The molecule has 0 amide bonds. The van der Waals surface area contributed by atoms with Crippen molar-refractivity contribution in [1.29, 1.82) is 0 Å². The Morgan fingerprint density at radius 3 is 1.72 bits per heavy atom. The number of hydrogen-bond acceptors (Lipinski definition) is 1. The van der Waals surface area contributed by atoms with Gasteiger partial charge >= 0.3 is 0 Å². The first-order chi connectivity index (χ1) is 15.5. The summed E-state index contributed by atoms with van der Waals surface area (Å²) in [7, 11) is 0. The molecule has 1 atom stereocenters. The molecule has 32 heavy (non-hydrogen) atoms. The lowest BCUT2D eigenvalue weighted by Crippen LogP contribution is -2.04. The van der Waals surface area contributed by atoms with E-state index in [1.54, 1.807) is 0 Å². The largest absolute Gasteiger partial charge is 0.494 e. The van der Waals surface area contributed by atoms with Crippen LogP contribution in [0.5, 0.6) is 5.75 Å². The van der Waals surface area contributed by atoms with Gasteiger partial charge in [0.05, 0.1) is 6.61 Å². The molecular formula is C29H26F2O. The second-order valence-electron chi connectivity index (χ2n) is 7.97. The van der Waals surface area contributed by atoms with Gasteiger partial charge in [-0.2, -0.15) is 0 Å². The smallest absolute Gasteiger partial charge is 0.129 e. The van der Waals surface area contributed by atoms with Crippen LogP contribution in [0.15, 0.2) is 91.0 Å². The summed E-state index contributed by atoms with van der Waals surface area (Å²) in [6, 6.07) is 28.3. The Hall–Kier alpha value is -3.46. The van der Waals surface area contributed by atoms with E-state index in [0.29, 0.717) is 18.6 Å². The summed E-state index contributed by atoms with van der Waals surface area (Å²) in [5.74, 6) is -0.142. The van der Waals surface area contributed by atoms with E-state index in [-0.39, 0.29) is 11.5 Å². The molecule has 1 nitrogen and oxygen atoms in total. The minimum atomic E-state index is -0.502. The van der Waals surface area contributed by atoms with Gasteiger partial charge in [-0.05, 0) is 71.3 Å². The van der Waals surface area contributed by atoms with Crippen molar-refractivity contribution in [2.75, 3.05) is 6.61 Å². The van der Waals surface area contributed by atoms with Gasteiger partial charge < -0.3 is 4.74 Å². The number of benzene rings is 4. The maximum Gasteiger partial charge on any atom is 0.129 e. The molecule has 0 N–H and O–H groups in total. The first kappa shape index (κ1) is 21.8. The third kappa shape index (κ3) is 4.88. The van der Waals surface area contributed by atoms with Crippen LogP contribution in [-0.4, -0.2) is 6.61 Å². The first-order valence-corrected chi connectivity index (χ1v) is 10.9. The Morgan fingerprint density at radius 2 is 1.19 bits per heavy atom. The highest BCUT2D eigenvalue weighted by Crippen LogP contribution is 2.30. The topological polar surface area (TPSA) is 9.23 Å². The van der Waals surface area contributed by atoms with Gasteiger partial charge in [-0.3, -0.25) is 0 Å². The first-order valence-electron chi connectivity index (χ1n) is 10.9. The predicted octanol–water partition coefficient (Wildman–Crippen LogP) is 8.04. The molecule has 0 heterocycles. The lowest BCUT2D eigenvalue weighted by molar-refractivity contribution is 0.340. The lowest BCUT2D eigenvalue weighted by Gasteiger charge is -2.14. The summed E-state index contributed by atoms with van der Waals surface area (Å²) in [6.07, 6.45) is 0.318. The molecule has 0 radical (unpaired) electrons. The summed E-state index contributed by atoms with van der Waals surface area (Å²) in [5, 5.41) is 0. The average Bonchev–Trinajstić information content (AvgIpc) is 2.82. The zero-order chi connectivity index (χ0) is 22.5. The minimum absolute atomic E-state index is 0.0273. The Kier molecular flexibility index (Phi) is 6.65. The van der Waals surface area contributed by atoms with E-state index >= 15 is 0 Å². The number of hydrogen-bond donors (Lipinski definition) is 0. The van der Waals surface area contributed by atoms with Crippen molar-refractivity contribution in [2.45, 2.75) is 26.2 Å². The number of ether oxygens (including phenoxy) is 1. The Bertz CT molecular complexity index is 1140. The van der Waals surface area contributed by atoms with Crippen molar-refractivity contribution in [3.8, 4) is 28.0 Å². The van der Waals surface area contributed by atoms with Gasteiger partial charge in [0.25, 0.3) is 0 Å². The molecular weight excluding hydrogens is 402 g/mol. The van der Waals surface area contributed by atoms with Gasteiger partial charge in [0.1, 0.15) is 17.4 Å². The van der Waals surface area contributed by atoms with E-state index in [1.807, 2.05) is 92.7 Å². The SMILES string of the molecule is CCOc1ccc(-c2ccc(-c3cc(F)c(C[C@H](C)c4ccccc4)c(F)c3)cc2)cc1. The van der Waals surface area contributed by atoms with E-state index in [2.05, 4.69) is 0 Å². The lowest BCUT2D eigenvalue weighted by atomic mass is 9.92. The molecule has 0 aliphatic heterocycles. The van der Waals surface area contributed by atoms with Crippen LogP contribution < -0.4 is 4.74 Å². The molecule has 4 aromatic rings. The molecule has 3 heteroatoms. The molecule has 0 saturated carbocycles. The highest BCUT2D eigenvalue weighted by atomic mass is 19.1. The molecule has 0 spiro atoms. The van der Waals surface area contributed by atoms with Crippen LogP contribution in [0, 0.1) is 11.6 Å². The van der Waals surface area contributed by atoms with Crippen LogP contribution in [0.25, 0.3) is 22.3 Å². The molecule has 0 unspecified atom stereocenters. The van der Waals surface area contributed by atoms with Gasteiger partial charge in [0, 0.05) is 5.56 Å². The molecule has 0 aliphatic carbocycles. The summed E-state index contributed by atoms with van der Waals surface area (Å²) in [6.45, 7) is 4.57. The van der Waals surface area contributed by atoms with Crippen LogP contribution in [-0.2, 0) is 6.42 Å².